The molecule has 1 atom stereocenters. The third-order valence-electron chi connectivity index (χ3n) is 4.12. The van der Waals surface area contributed by atoms with Crippen molar-refractivity contribution in [2.45, 2.75) is 19.4 Å². The summed E-state index contributed by atoms with van der Waals surface area (Å²) in [5.41, 5.74) is 4.74. The molecule has 0 fully saturated rings. The van der Waals surface area contributed by atoms with Crippen molar-refractivity contribution >= 4 is 22.6 Å². The molecule has 3 aromatic rings. The Balaban J connectivity index is 1.50. The van der Waals surface area contributed by atoms with Crippen LogP contribution < -0.4 is 20.3 Å². The van der Waals surface area contributed by atoms with Gasteiger partial charge in [-0.05, 0) is 30.0 Å². The maximum absolute atomic E-state index is 12.2. The molecular formula is C22H22N2O4. The monoisotopic (exact) mass is 378 g/mol. The van der Waals surface area contributed by atoms with Gasteiger partial charge in [0, 0.05) is 5.39 Å². The van der Waals surface area contributed by atoms with Crippen LogP contribution in [0.5, 0.6) is 11.5 Å². The number of para-hydroxylation sites is 1. The number of carbonyl (C=O) groups excluding carboxylic acids is 2. The summed E-state index contributed by atoms with van der Waals surface area (Å²) in [6, 6.07) is 22.4. The van der Waals surface area contributed by atoms with E-state index in [0.29, 0.717) is 17.9 Å². The molecule has 0 aromatic heterocycles. The van der Waals surface area contributed by atoms with E-state index in [4.69, 9.17) is 9.47 Å². The number of ether oxygens (including phenoxy) is 2. The van der Waals surface area contributed by atoms with Gasteiger partial charge in [0.25, 0.3) is 11.8 Å². The van der Waals surface area contributed by atoms with Crippen LogP contribution in [0, 0.1) is 0 Å². The first-order valence-corrected chi connectivity index (χ1v) is 9.08. The molecule has 1 unspecified atom stereocenters. The van der Waals surface area contributed by atoms with Gasteiger partial charge in [-0.15, -0.1) is 0 Å². The van der Waals surface area contributed by atoms with E-state index in [-0.39, 0.29) is 6.61 Å². The zero-order valence-corrected chi connectivity index (χ0v) is 15.6. The highest BCUT2D eigenvalue weighted by Crippen LogP contribution is 2.24. The minimum Gasteiger partial charge on any atom is -0.483 e. The molecule has 144 valence electrons. The highest BCUT2D eigenvalue weighted by Gasteiger charge is 2.19. The number of benzene rings is 3. The van der Waals surface area contributed by atoms with Gasteiger partial charge in [-0.2, -0.15) is 0 Å². The predicted molar refractivity (Wildman–Crippen MR) is 107 cm³/mol. The van der Waals surface area contributed by atoms with Crippen molar-refractivity contribution in [1.82, 2.24) is 10.9 Å². The molecule has 0 aliphatic carbocycles. The van der Waals surface area contributed by atoms with Crippen LogP contribution in [0.1, 0.15) is 13.3 Å². The first-order chi connectivity index (χ1) is 13.7. The molecule has 0 bridgehead atoms. The average Bonchev–Trinajstić information content (AvgIpc) is 2.75. The lowest BCUT2D eigenvalue weighted by Crippen LogP contribution is -2.49. The van der Waals surface area contributed by atoms with Gasteiger partial charge in [-0.25, -0.2) is 0 Å². The smallest absolute Gasteiger partial charge is 0.279 e. The first kappa shape index (κ1) is 19.2. The standard InChI is InChI=1S/C22H22N2O4/c1-2-19(28-17-11-4-3-5-12-17)22(26)24-23-21(25)15-27-20-14-8-10-16-9-6-7-13-18(16)20/h3-14,19H,2,15H2,1H3,(H,23,25)(H,24,26). The fourth-order valence-electron chi connectivity index (χ4n) is 2.70. The molecule has 28 heavy (non-hydrogen) atoms. The maximum atomic E-state index is 12.2. The lowest BCUT2D eigenvalue weighted by Gasteiger charge is -2.17. The minimum absolute atomic E-state index is 0.218. The van der Waals surface area contributed by atoms with Crippen LogP contribution in [0.3, 0.4) is 0 Å². The predicted octanol–water partition coefficient (Wildman–Crippen LogP) is 3.22. The molecule has 0 saturated carbocycles. The number of nitrogens with one attached hydrogen (secondary N) is 2. The van der Waals surface area contributed by atoms with Gasteiger partial charge in [0.1, 0.15) is 11.5 Å². The third kappa shape index (κ3) is 5.01. The second kappa shape index (κ2) is 9.41. The second-order valence-electron chi connectivity index (χ2n) is 6.13. The zero-order chi connectivity index (χ0) is 19.8. The molecule has 2 N–H and O–H groups in total. The van der Waals surface area contributed by atoms with Crippen LogP contribution in [0.15, 0.2) is 72.8 Å². The van der Waals surface area contributed by atoms with E-state index in [1.807, 2.05) is 61.5 Å². The van der Waals surface area contributed by atoms with E-state index in [9.17, 15) is 9.59 Å². The molecule has 0 saturated heterocycles. The fraction of sp³-hybridized carbons (Fsp3) is 0.182. The van der Waals surface area contributed by atoms with Crippen LogP contribution in [-0.2, 0) is 9.59 Å². The number of carbonyl (C=O) groups is 2. The summed E-state index contributed by atoms with van der Waals surface area (Å²) in [7, 11) is 0. The summed E-state index contributed by atoms with van der Waals surface area (Å²) in [5, 5.41) is 1.95. The van der Waals surface area contributed by atoms with Crippen LogP contribution in [0.2, 0.25) is 0 Å². The van der Waals surface area contributed by atoms with E-state index in [0.717, 1.165) is 10.8 Å². The minimum atomic E-state index is -0.707. The van der Waals surface area contributed by atoms with Crippen LogP contribution in [0.4, 0.5) is 0 Å². The van der Waals surface area contributed by atoms with E-state index >= 15 is 0 Å². The third-order valence-corrected chi connectivity index (χ3v) is 4.12. The van der Waals surface area contributed by atoms with E-state index < -0.39 is 17.9 Å². The number of hydrogen-bond acceptors (Lipinski definition) is 4. The van der Waals surface area contributed by atoms with Crippen molar-refractivity contribution in [3.8, 4) is 11.5 Å². The number of rotatable bonds is 7. The quantitative estimate of drug-likeness (QED) is 0.619. The molecule has 0 aliphatic rings. The molecule has 0 heterocycles. The summed E-state index contributed by atoms with van der Waals surface area (Å²) in [6.07, 6.45) is -0.245. The van der Waals surface area contributed by atoms with E-state index in [2.05, 4.69) is 10.9 Å². The van der Waals surface area contributed by atoms with Gasteiger partial charge in [0.05, 0.1) is 0 Å². The van der Waals surface area contributed by atoms with Gasteiger partial charge >= 0.3 is 0 Å². The molecule has 3 aromatic carbocycles. The van der Waals surface area contributed by atoms with Crippen molar-refractivity contribution in [2.75, 3.05) is 6.61 Å². The fourth-order valence-corrected chi connectivity index (χ4v) is 2.70. The summed E-state index contributed by atoms with van der Waals surface area (Å²) < 4.78 is 11.2. The Hall–Kier alpha value is -3.54. The van der Waals surface area contributed by atoms with Gasteiger partial charge in [0.2, 0.25) is 0 Å². The van der Waals surface area contributed by atoms with E-state index in [1.165, 1.54) is 0 Å². The number of hydrogen-bond donors (Lipinski definition) is 2. The average molecular weight is 378 g/mol. The SMILES string of the molecule is CCC(Oc1ccccc1)C(=O)NNC(=O)COc1cccc2ccccc12. The van der Waals surface area contributed by atoms with Gasteiger partial charge in [-0.1, -0.05) is 61.5 Å². The Labute approximate surface area is 163 Å². The van der Waals surface area contributed by atoms with Gasteiger partial charge < -0.3 is 9.47 Å². The van der Waals surface area contributed by atoms with Crippen LogP contribution in [0.25, 0.3) is 10.8 Å². The molecule has 0 spiro atoms. The van der Waals surface area contributed by atoms with E-state index in [1.54, 1.807) is 18.2 Å². The Morgan fingerprint density at radius 3 is 2.39 bits per heavy atom. The number of hydrazine groups is 1. The molecule has 6 heteroatoms. The summed E-state index contributed by atoms with van der Waals surface area (Å²) in [4.78, 5) is 24.3. The molecule has 0 aliphatic heterocycles. The Kier molecular flexibility index (Phi) is 6.46. The van der Waals surface area contributed by atoms with Gasteiger partial charge in [-0.3, -0.25) is 20.4 Å². The van der Waals surface area contributed by atoms with Crippen molar-refractivity contribution in [1.29, 1.82) is 0 Å². The normalized spacial score (nSPS) is 11.5. The summed E-state index contributed by atoms with van der Waals surface area (Å²) in [6.45, 7) is 1.61. The topological polar surface area (TPSA) is 76.7 Å². The van der Waals surface area contributed by atoms with Crippen molar-refractivity contribution < 1.29 is 19.1 Å². The second-order valence-corrected chi connectivity index (χ2v) is 6.13. The Morgan fingerprint density at radius 2 is 1.61 bits per heavy atom. The maximum Gasteiger partial charge on any atom is 0.279 e. The lowest BCUT2D eigenvalue weighted by molar-refractivity contribution is -0.134. The number of amides is 2. The van der Waals surface area contributed by atoms with Crippen molar-refractivity contribution in [3.63, 3.8) is 0 Å². The molecular weight excluding hydrogens is 356 g/mol. The first-order valence-electron chi connectivity index (χ1n) is 9.08. The Bertz CT molecular complexity index is 938. The molecule has 6 nitrogen and oxygen atoms in total. The van der Waals surface area contributed by atoms with Crippen LogP contribution in [-0.4, -0.2) is 24.5 Å². The van der Waals surface area contributed by atoms with Crippen molar-refractivity contribution in [2.24, 2.45) is 0 Å². The molecule has 3 rings (SSSR count). The van der Waals surface area contributed by atoms with Crippen molar-refractivity contribution in [3.05, 3.63) is 72.8 Å². The lowest BCUT2D eigenvalue weighted by atomic mass is 10.1. The molecule has 2 amide bonds. The Morgan fingerprint density at radius 1 is 0.893 bits per heavy atom. The van der Waals surface area contributed by atoms with Crippen LogP contribution >= 0.6 is 0 Å². The highest BCUT2D eigenvalue weighted by atomic mass is 16.5. The molecule has 0 radical (unpaired) electrons. The summed E-state index contributed by atoms with van der Waals surface area (Å²) >= 11 is 0. The number of fused-ring (bicyclic) bond motifs is 1. The summed E-state index contributed by atoms with van der Waals surface area (Å²) in [5.74, 6) is 0.314. The highest BCUT2D eigenvalue weighted by molar-refractivity contribution is 5.89. The zero-order valence-electron chi connectivity index (χ0n) is 15.6. The van der Waals surface area contributed by atoms with Gasteiger partial charge in [0.15, 0.2) is 12.7 Å². The largest absolute Gasteiger partial charge is 0.483 e.